The van der Waals surface area contributed by atoms with E-state index in [1.807, 2.05) is 13.0 Å². The van der Waals surface area contributed by atoms with Gasteiger partial charge < -0.3 is 9.47 Å². The number of nitro groups is 1. The third kappa shape index (κ3) is 4.44. The number of nitrogens with one attached hydrogen (secondary N) is 1. The first-order valence-electron chi connectivity index (χ1n) is 6.98. The molecule has 7 nitrogen and oxygen atoms in total. The van der Waals surface area contributed by atoms with Crippen molar-refractivity contribution in [3.8, 4) is 11.5 Å². The molecule has 0 amide bonds. The zero-order valence-electron chi connectivity index (χ0n) is 12.9. The van der Waals surface area contributed by atoms with Crippen molar-refractivity contribution in [2.24, 2.45) is 5.10 Å². The van der Waals surface area contributed by atoms with Gasteiger partial charge in [0.05, 0.1) is 30.5 Å². The van der Waals surface area contributed by atoms with Crippen LogP contribution in [0.5, 0.6) is 11.5 Å². The molecular formula is C16H17N3O4. The molecular weight excluding hydrogens is 298 g/mol. The van der Waals surface area contributed by atoms with Crippen molar-refractivity contribution in [2.45, 2.75) is 6.92 Å². The van der Waals surface area contributed by atoms with Crippen molar-refractivity contribution in [2.75, 3.05) is 19.1 Å². The van der Waals surface area contributed by atoms with E-state index < -0.39 is 4.92 Å². The predicted octanol–water partition coefficient (Wildman–Crippen LogP) is 3.45. The Morgan fingerprint density at radius 2 is 2.09 bits per heavy atom. The highest BCUT2D eigenvalue weighted by molar-refractivity contribution is 5.81. The molecule has 0 fully saturated rings. The summed E-state index contributed by atoms with van der Waals surface area (Å²) < 4.78 is 10.7. The minimum Gasteiger partial charge on any atom is -0.493 e. The Morgan fingerprint density at radius 1 is 1.26 bits per heavy atom. The summed E-state index contributed by atoms with van der Waals surface area (Å²) in [6, 6.07) is 11.6. The topological polar surface area (TPSA) is 86.0 Å². The number of non-ortho nitro benzene ring substituents is 1. The van der Waals surface area contributed by atoms with Gasteiger partial charge in [-0.05, 0) is 36.8 Å². The van der Waals surface area contributed by atoms with Crippen molar-refractivity contribution >= 4 is 17.6 Å². The smallest absolute Gasteiger partial charge is 0.271 e. The highest BCUT2D eigenvalue weighted by Gasteiger charge is 2.05. The van der Waals surface area contributed by atoms with Gasteiger partial charge in [0.1, 0.15) is 0 Å². The molecule has 0 aromatic heterocycles. The Bertz CT molecular complexity index is 716. The lowest BCUT2D eigenvalue weighted by Gasteiger charge is -2.09. The first-order valence-corrected chi connectivity index (χ1v) is 6.98. The Hall–Kier alpha value is -3.09. The standard InChI is InChI=1S/C16H17N3O4/c1-3-23-15-8-7-12(9-16(15)22-2)11-17-18-13-5-4-6-14(10-13)19(20)21/h4-11,18H,3H2,1-2H3. The van der Waals surface area contributed by atoms with Crippen LogP contribution in [0.1, 0.15) is 12.5 Å². The molecule has 0 saturated carbocycles. The number of hydrazone groups is 1. The number of rotatable bonds is 7. The SMILES string of the molecule is CCOc1ccc(C=NNc2cccc([N+](=O)[O-])c2)cc1OC. The largest absolute Gasteiger partial charge is 0.493 e. The predicted molar refractivity (Wildman–Crippen MR) is 88.5 cm³/mol. The Kier molecular flexibility index (Phi) is 5.51. The fourth-order valence-electron chi connectivity index (χ4n) is 1.91. The van der Waals surface area contributed by atoms with Crippen LogP contribution in [0.4, 0.5) is 11.4 Å². The molecule has 0 radical (unpaired) electrons. The summed E-state index contributed by atoms with van der Waals surface area (Å²) >= 11 is 0. The van der Waals surface area contributed by atoms with Crippen molar-refractivity contribution in [3.63, 3.8) is 0 Å². The maximum Gasteiger partial charge on any atom is 0.271 e. The number of anilines is 1. The molecule has 2 aromatic carbocycles. The van der Waals surface area contributed by atoms with E-state index in [0.717, 1.165) is 5.56 Å². The number of nitrogens with zero attached hydrogens (tertiary/aromatic N) is 2. The van der Waals surface area contributed by atoms with Gasteiger partial charge in [0.15, 0.2) is 11.5 Å². The zero-order valence-corrected chi connectivity index (χ0v) is 12.9. The molecule has 120 valence electrons. The minimum absolute atomic E-state index is 0.00735. The van der Waals surface area contributed by atoms with Crippen LogP contribution in [-0.2, 0) is 0 Å². The summed E-state index contributed by atoms with van der Waals surface area (Å²) in [4.78, 5) is 10.3. The first-order chi connectivity index (χ1) is 11.1. The fourth-order valence-corrected chi connectivity index (χ4v) is 1.91. The molecule has 0 aliphatic rings. The van der Waals surface area contributed by atoms with E-state index in [1.165, 1.54) is 12.1 Å². The monoisotopic (exact) mass is 315 g/mol. The van der Waals surface area contributed by atoms with Gasteiger partial charge in [0, 0.05) is 12.1 Å². The number of hydrogen-bond acceptors (Lipinski definition) is 6. The zero-order chi connectivity index (χ0) is 16.7. The van der Waals surface area contributed by atoms with Gasteiger partial charge >= 0.3 is 0 Å². The highest BCUT2D eigenvalue weighted by Crippen LogP contribution is 2.27. The van der Waals surface area contributed by atoms with Gasteiger partial charge in [-0.25, -0.2) is 0 Å². The van der Waals surface area contributed by atoms with E-state index in [-0.39, 0.29) is 5.69 Å². The van der Waals surface area contributed by atoms with Gasteiger partial charge in [0.25, 0.3) is 5.69 Å². The second-order valence-electron chi connectivity index (χ2n) is 4.52. The van der Waals surface area contributed by atoms with Crippen LogP contribution in [0.25, 0.3) is 0 Å². The van der Waals surface area contributed by atoms with Crippen LogP contribution in [0.15, 0.2) is 47.6 Å². The summed E-state index contributed by atoms with van der Waals surface area (Å²) in [7, 11) is 1.57. The lowest BCUT2D eigenvalue weighted by molar-refractivity contribution is -0.384. The van der Waals surface area contributed by atoms with E-state index in [0.29, 0.717) is 23.8 Å². The van der Waals surface area contributed by atoms with Crippen LogP contribution in [0.2, 0.25) is 0 Å². The second-order valence-corrected chi connectivity index (χ2v) is 4.52. The van der Waals surface area contributed by atoms with Crippen molar-refractivity contribution in [1.82, 2.24) is 0 Å². The lowest BCUT2D eigenvalue weighted by Crippen LogP contribution is -1.97. The first kappa shape index (κ1) is 16.3. The number of benzene rings is 2. The quantitative estimate of drug-likeness (QED) is 0.480. The minimum atomic E-state index is -0.452. The fraction of sp³-hybridized carbons (Fsp3) is 0.188. The molecule has 1 N–H and O–H groups in total. The lowest BCUT2D eigenvalue weighted by atomic mass is 10.2. The molecule has 2 rings (SSSR count). The van der Waals surface area contributed by atoms with E-state index in [2.05, 4.69) is 10.5 Å². The van der Waals surface area contributed by atoms with Crippen molar-refractivity contribution < 1.29 is 14.4 Å². The molecule has 0 atom stereocenters. The van der Waals surface area contributed by atoms with E-state index >= 15 is 0 Å². The molecule has 0 bridgehead atoms. The van der Waals surface area contributed by atoms with Crippen molar-refractivity contribution in [1.29, 1.82) is 0 Å². The van der Waals surface area contributed by atoms with Gasteiger partial charge in [0.2, 0.25) is 0 Å². The molecule has 23 heavy (non-hydrogen) atoms. The van der Waals surface area contributed by atoms with Crippen molar-refractivity contribution in [3.05, 3.63) is 58.1 Å². The van der Waals surface area contributed by atoms with E-state index in [4.69, 9.17) is 9.47 Å². The van der Waals surface area contributed by atoms with E-state index in [1.54, 1.807) is 37.6 Å². The third-order valence-electron chi connectivity index (χ3n) is 2.95. The van der Waals surface area contributed by atoms with Crippen LogP contribution < -0.4 is 14.9 Å². The van der Waals surface area contributed by atoms with Gasteiger partial charge in [-0.3, -0.25) is 15.5 Å². The Labute approximate surface area is 133 Å². The Balaban J connectivity index is 2.08. The van der Waals surface area contributed by atoms with Crippen LogP contribution in [0, 0.1) is 10.1 Å². The van der Waals surface area contributed by atoms with Crippen LogP contribution in [0.3, 0.4) is 0 Å². The summed E-state index contributed by atoms with van der Waals surface area (Å²) in [5.74, 6) is 1.28. The van der Waals surface area contributed by atoms with Gasteiger partial charge in [-0.15, -0.1) is 0 Å². The molecule has 0 aliphatic heterocycles. The van der Waals surface area contributed by atoms with Gasteiger partial charge in [-0.2, -0.15) is 5.10 Å². The number of methoxy groups -OCH3 is 1. The average molecular weight is 315 g/mol. The normalized spacial score (nSPS) is 10.5. The highest BCUT2D eigenvalue weighted by atomic mass is 16.6. The third-order valence-corrected chi connectivity index (χ3v) is 2.95. The van der Waals surface area contributed by atoms with Crippen LogP contribution in [-0.4, -0.2) is 24.9 Å². The molecule has 0 spiro atoms. The molecule has 0 aliphatic carbocycles. The number of ether oxygens (including phenoxy) is 2. The second kappa shape index (κ2) is 7.79. The molecule has 0 unspecified atom stereocenters. The molecule has 7 heteroatoms. The Morgan fingerprint density at radius 3 is 2.78 bits per heavy atom. The maximum absolute atomic E-state index is 10.7. The number of nitro benzene ring substituents is 1. The average Bonchev–Trinajstić information content (AvgIpc) is 2.56. The van der Waals surface area contributed by atoms with Crippen LogP contribution >= 0.6 is 0 Å². The summed E-state index contributed by atoms with van der Waals surface area (Å²) in [5.41, 5.74) is 4.11. The number of hydrogen-bond donors (Lipinski definition) is 1. The molecule has 0 heterocycles. The summed E-state index contributed by atoms with van der Waals surface area (Å²) in [6.07, 6.45) is 1.59. The molecule has 0 saturated heterocycles. The van der Waals surface area contributed by atoms with Gasteiger partial charge in [-0.1, -0.05) is 6.07 Å². The maximum atomic E-state index is 10.7. The van der Waals surface area contributed by atoms with E-state index in [9.17, 15) is 10.1 Å². The summed E-state index contributed by atoms with van der Waals surface area (Å²) in [5, 5.41) is 14.8. The molecule has 2 aromatic rings. The summed E-state index contributed by atoms with van der Waals surface area (Å²) in [6.45, 7) is 2.45.